The van der Waals surface area contributed by atoms with E-state index in [1.807, 2.05) is 0 Å². The van der Waals surface area contributed by atoms with Crippen molar-refractivity contribution in [1.29, 1.82) is 0 Å². The van der Waals surface area contributed by atoms with Gasteiger partial charge in [-0.2, -0.15) is 0 Å². The van der Waals surface area contributed by atoms with E-state index in [0.717, 1.165) is 5.56 Å². The van der Waals surface area contributed by atoms with Gasteiger partial charge in [-0.1, -0.05) is 6.07 Å². The number of amides is 1. The molecule has 1 aromatic rings. The van der Waals surface area contributed by atoms with Crippen molar-refractivity contribution in [2.75, 3.05) is 20.3 Å². The van der Waals surface area contributed by atoms with Crippen LogP contribution in [-0.4, -0.2) is 26.2 Å². The molecule has 0 heterocycles. The lowest BCUT2D eigenvalue weighted by Crippen LogP contribution is -2.27. The quantitative estimate of drug-likeness (QED) is 0.725. The van der Waals surface area contributed by atoms with Gasteiger partial charge in [-0.15, -0.1) is 0 Å². The van der Waals surface area contributed by atoms with Crippen molar-refractivity contribution < 1.29 is 13.9 Å². The molecule has 1 amide bonds. The van der Waals surface area contributed by atoms with E-state index >= 15 is 0 Å². The molecule has 0 aliphatic heterocycles. The van der Waals surface area contributed by atoms with Crippen molar-refractivity contribution in [2.45, 2.75) is 6.54 Å². The van der Waals surface area contributed by atoms with Crippen molar-refractivity contribution >= 4 is 5.91 Å². The summed E-state index contributed by atoms with van der Waals surface area (Å²) in [4.78, 5) is 11.6. The van der Waals surface area contributed by atoms with Gasteiger partial charge in [-0.3, -0.25) is 4.79 Å². The molecule has 0 radical (unpaired) electrons. The van der Waals surface area contributed by atoms with Crippen LogP contribution in [0.3, 0.4) is 0 Å². The van der Waals surface area contributed by atoms with E-state index < -0.39 is 11.7 Å². The average Bonchev–Trinajstić information content (AvgIpc) is 2.30. The van der Waals surface area contributed by atoms with Crippen LogP contribution in [0.4, 0.5) is 4.39 Å². The maximum Gasteiger partial charge on any atom is 0.254 e. The number of nitrogens with two attached hydrogens (primary N) is 1. The largest absolute Gasteiger partial charge is 0.383 e. The third-order valence-corrected chi connectivity index (χ3v) is 2.10. The normalized spacial score (nSPS) is 10.2. The highest BCUT2D eigenvalue weighted by atomic mass is 19.1. The molecule has 0 atom stereocenters. The van der Waals surface area contributed by atoms with E-state index in [1.165, 1.54) is 19.2 Å². The zero-order chi connectivity index (χ0) is 12.0. The Kier molecular flexibility index (Phi) is 4.88. The van der Waals surface area contributed by atoms with Gasteiger partial charge in [0.15, 0.2) is 0 Å². The highest BCUT2D eigenvalue weighted by Crippen LogP contribution is 2.10. The topological polar surface area (TPSA) is 64.3 Å². The van der Waals surface area contributed by atoms with Crippen LogP contribution in [0.25, 0.3) is 0 Å². The molecule has 1 rings (SSSR count). The third kappa shape index (κ3) is 3.29. The first kappa shape index (κ1) is 12.6. The molecule has 0 fully saturated rings. The molecule has 0 aliphatic carbocycles. The third-order valence-electron chi connectivity index (χ3n) is 2.10. The molecule has 0 unspecified atom stereocenters. The van der Waals surface area contributed by atoms with E-state index in [2.05, 4.69) is 5.32 Å². The van der Waals surface area contributed by atoms with Crippen molar-refractivity contribution in [3.8, 4) is 0 Å². The van der Waals surface area contributed by atoms with Crippen LogP contribution < -0.4 is 11.1 Å². The van der Waals surface area contributed by atoms with E-state index in [1.54, 1.807) is 6.07 Å². The van der Waals surface area contributed by atoms with Crippen LogP contribution in [0.15, 0.2) is 18.2 Å². The molecule has 4 nitrogen and oxygen atoms in total. The van der Waals surface area contributed by atoms with Crippen molar-refractivity contribution in [1.82, 2.24) is 5.32 Å². The predicted octanol–water partition coefficient (Wildman–Crippen LogP) is 0.661. The number of rotatable bonds is 5. The number of halogens is 1. The summed E-state index contributed by atoms with van der Waals surface area (Å²) in [6.07, 6.45) is 0. The minimum atomic E-state index is -0.549. The van der Waals surface area contributed by atoms with Crippen LogP contribution in [0.2, 0.25) is 0 Å². The fraction of sp³-hybridized carbons (Fsp3) is 0.364. The zero-order valence-electron chi connectivity index (χ0n) is 9.13. The number of hydrogen-bond acceptors (Lipinski definition) is 3. The number of benzene rings is 1. The van der Waals surface area contributed by atoms with Gasteiger partial charge in [-0.25, -0.2) is 4.39 Å². The monoisotopic (exact) mass is 226 g/mol. The average molecular weight is 226 g/mol. The van der Waals surface area contributed by atoms with E-state index in [9.17, 15) is 9.18 Å². The Morgan fingerprint density at radius 1 is 1.56 bits per heavy atom. The summed E-state index contributed by atoms with van der Waals surface area (Å²) in [5.41, 5.74) is 6.15. The van der Waals surface area contributed by atoms with Crippen LogP contribution in [-0.2, 0) is 11.3 Å². The first-order valence-electron chi connectivity index (χ1n) is 4.94. The van der Waals surface area contributed by atoms with Crippen LogP contribution in [0, 0.1) is 5.82 Å². The molecule has 0 aromatic heterocycles. The fourth-order valence-corrected chi connectivity index (χ4v) is 1.24. The van der Waals surface area contributed by atoms with Gasteiger partial charge >= 0.3 is 0 Å². The van der Waals surface area contributed by atoms with Gasteiger partial charge in [0.05, 0.1) is 12.2 Å². The summed E-state index contributed by atoms with van der Waals surface area (Å²) < 4.78 is 18.1. The lowest BCUT2D eigenvalue weighted by Gasteiger charge is -2.06. The van der Waals surface area contributed by atoms with Crippen molar-refractivity contribution in [3.63, 3.8) is 0 Å². The Labute approximate surface area is 93.6 Å². The fourth-order valence-electron chi connectivity index (χ4n) is 1.24. The molecule has 0 spiro atoms. The Morgan fingerprint density at radius 3 is 2.94 bits per heavy atom. The molecule has 0 aliphatic rings. The molecule has 0 bridgehead atoms. The maximum absolute atomic E-state index is 13.3. The molecule has 3 N–H and O–H groups in total. The zero-order valence-corrected chi connectivity index (χ0v) is 9.13. The number of carbonyl (C=O) groups is 1. The second-order valence-electron chi connectivity index (χ2n) is 3.27. The maximum atomic E-state index is 13.3. The Hall–Kier alpha value is -1.46. The van der Waals surface area contributed by atoms with Crippen molar-refractivity contribution in [3.05, 3.63) is 35.1 Å². The summed E-state index contributed by atoms with van der Waals surface area (Å²) in [5, 5.41) is 2.55. The molecule has 1 aromatic carbocycles. The first-order chi connectivity index (χ1) is 7.69. The first-order valence-corrected chi connectivity index (χ1v) is 4.94. The second-order valence-corrected chi connectivity index (χ2v) is 3.27. The molecule has 0 saturated carbocycles. The van der Waals surface area contributed by atoms with Gasteiger partial charge in [0.1, 0.15) is 5.82 Å². The Balaban J connectivity index is 2.73. The minimum Gasteiger partial charge on any atom is -0.383 e. The smallest absolute Gasteiger partial charge is 0.254 e. The van der Waals surface area contributed by atoms with Crippen molar-refractivity contribution in [2.24, 2.45) is 5.73 Å². The molecular formula is C11H15FN2O2. The van der Waals surface area contributed by atoms with Gasteiger partial charge in [0, 0.05) is 20.2 Å². The summed E-state index contributed by atoms with van der Waals surface area (Å²) in [6, 6.07) is 4.26. The Bertz CT molecular complexity index is 369. The predicted molar refractivity (Wildman–Crippen MR) is 58.5 cm³/mol. The number of nitrogens with one attached hydrogen (secondary N) is 1. The second kappa shape index (κ2) is 6.19. The Morgan fingerprint density at radius 2 is 2.31 bits per heavy atom. The summed E-state index contributed by atoms with van der Waals surface area (Å²) in [5.74, 6) is -1.00. The lowest BCUT2D eigenvalue weighted by atomic mass is 10.1. The van der Waals surface area contributed by atoms with E-state index in [0.29, 0.717) is 13.2 Å². The SMILES string of the molecule is COCCNC(=O)c1cc(CN)ccc1F. The minimum absolute atomic E-state index is 0.0130. The molecule has 0 saturated heterocycles. The van der Waals surface area contributed by atoms with Crippen LogP contribution >= 0.6 is 0 Å². The number of methoxy groups -OCH3 is 1. The van der Waals surface area contributed by atoms with E-state index in [4.69, 9.17) is 10.5 Å². The number of ether oxygens (including phenoxy) is 1. The molecule has 16 heavy (non-hydrogen) atoms. The number of hydrogen-bond donors (Lipinski definition) is 2. The standard InChI is InChI=1S/C11H15FN2O2/c1-16-5-4-14-11(15)9-6-8(7-13)2-3-10(9)12/h2-3,6H,4-5,7,13H2,1H3,(H,14,15). The summed E-state index contributed by atoms with van der Waals surface area (Å²) >= 11 is 0. The molecular weight excluding hydrogens is 211 g/mol. The number of carbonyl (C=O) groups excluding carboxylic acids is 1. The van der Waals surface area contributed by atoms with Gasteiger partial charge < -0.3 is 15.8 Å². The molecule has 5 heteroatoms. The highest BCUT2D eigenvalue weighted by Gasteiger charge is 2.11. The highest BCUT2D eigenvalue weighted by molar-refractivity contribution is 5.94. The lowest BCUT2D eigenvalue weighted by molar-refractivity contribution is 0.0933. The van der Waals surface area contributed by atoms with Crippen LogP contribution in [0.1, 0.15) is 15.9 Å². The van der Waals surface area contributed by atoms with Gasteiger partial charge in [0.2, 0.25) is 0 Å². The van der Waals surface area contributed by atoms with E-state index in [-0.39, 0.29) is 12.1 Å². The summed E-state index contributed by atoms with van der Waals surface area (Å²) in [7, 11) is 1.53. The molecule has 88 valence electrons. The summed E-state index contributed by atoms with van der Waals surface area (Å²) in [6.45, 7) is 1.02. The van der Waals surface area contributed by atoms with Gasteiger partial charge in [0.25, 0.3) is 5.91 Å². The van der Waals surface area contributed by atoms with Crippen LogP contribution in [0.5, 0.6) is 0 Å². The van der Waals surface area contributed by atoms with Gasteiger partial charge in [-0.05, 0) is 17.7 Å².